The quantitative estimate of drug-likeness (QED) is 0.807. The first kappa shape index (κ1) is 13.6. The second-order valence-corrected chi connectivity index (χ2v) is 8.00. The van der Waals surface area contributed by atoms with Gasteiger partial charge in [-0.1, -0.05) is 0 Å². The lowest BCUT2D eigenvalue weighted by Crippen LogP contribution is -2.56. The predicted molar refractivity (Wildman–Crippen MR) is 79.6 cm³/mol. The number of nitrogens with zero attached hydrogens (tertiary/aromatic N) is 1. The van der Waals surface area contributed by atoms with Gasteiger partial charge in [0.2, 0.25) is 5.91 Å². The van der Waals surface area contributed by atoms with Gasteiger partial charge >= 0.3 is 6.03 Å². The molecule has 1 N–H and O–H groups in total. The van der Waals surface area contributed by atoms with E-state index in [9.17, 15) is 9.59 Å². The van der Waals surface area contributed by atoms with E-state index in [1.165, 1.54) is 25.7 Å². The van der Waals surface area contributed by atoms with Gasteiger partial charge < -0.3 is 4.90 Å². The van der Waals surface area contributed by atoms with E-state index in [1.54, 1.807) is 0 Å². The van der Waals surface area contributed by atoms with Crippen LogP contribution in [0.1, 0.15) is 57.8 Å². The number of imide groups is 1. The molecule has 1 saturated heterocycles. The van der Waals surface area contributed by atoms with Gasteiger partial charge in [-0.05, 0) is 75.5 Å². The Morgan fingerprint density at radius 2 is 1.38 bits per heavy atom. The zero-order valence-electron chi connectivity index (χ0n) is 12.8. The number of urea groups is 1. The van der Waals surface area contributed by atoms with E-state index in [4.69, 9.17) is 0 Å². The van der Waals surface area contributed by atoms with Gasteiger partial charge in [-0.25, -0.2) is 4.79 Å². The maximum Gasteiger partial charge on any atom is 0.324 e. The van der Waals surface area contributed by atoms with Crippen LogP contribution in [0.15, 0.2) is 0 Å². The van der Waals surface area contributed by atoms with Crippen LogP contribution in [0, 0.1) is 23.2 Å². The van der Waals surface area contributed by atoms with Crippen molar-refractivity contribution in [2.75, 3.05) is 13.1 Å². The lowest BCUT2D eigenvalue weighted by atomic mass is 9.49. The van der Waals surface area contributed by atoms with E-state index >= 15 is 0 Å². The largest absolute Gasteiger partial charge is 0.324 e. The average molecular weight is 290 g/mol. The van der Waals surface area contributed by atoms with Gasteiger partial charge in [-0.3, -0.25) is 10.1 Å². The molecule has 4 aliphatic carbocycles. The molecule has 5 fully saturated rings. The summed E-state index contributed by atoms with van der Waals surface area (Å²) in [6.07, 6.45) is 10.4. The van der Waals surface area contributed by atoms with Gasteiger partial charge in [0.25, 0.3) is 0 Å². The lowest BCUT2D eigenvalue weighted by Gasteiger charge is -2.55. The Labute approximate surface area is 126 Å². The van der Waals surface area contributed by atoms with E-state index in [0.29, 0.717) is 0 Å². The van der Waals surface area contributed by atoms with Crippen molar-refractivity contribution in [3.63, 3.8) is 0 Å². The molecule has 3 amide bonds. The summed E-state index contributed by atoms with van der Waals surface area (Å²) in [5.41, 5.74) is -0.208. The first-order valence-electron chi connectivity index (χ1n) is 8.75. The fourth-order valence-electron chi connectivity index (χ4n) is 5.79. The molecule has 4 saturated carbocycles. The van der Waals surface area contributed by atoms with Crippen molar-refractivity contribution in [2.45, 2.75) is 57.8 Å². The highest BCUT2D eigenvalue weighted by atomic mass is 16.2. The number of hydrogen-bond acceptors (Lipinski definition) is 2. The van der Waals surface area contributed by atoms with Crippen molar-refractivity contribution in [2.24, 2.45) is 23.2 Å². The normalized spacial score (nSPS) is 41.1. The molecule has 0 aromatic heterocycles. The Kier molecular flexibility index (Phi) is 3.23. The fourth-order valence-corrected chi connectivity index (χ4v) is 5.79. The van der Waals surface area contributed by atoms with Crippen LogP contribution in [-0.4, -0.2) is 29.9 Å². The van der Waals surface area contributed by atoms with Crippen LogP contribution in [-0.2, 0) is 4.79 Å². The van der Waals surface area contributed by atoms with E-state index < -0.39 is 0 Å². The topological polar surface area (TPSA) is 49.4 Å². The van der Waals surface area contributed by atoms with Gasteiger partial charge in [0.1, 0.15) is 0 Å². The molecule has 0 aromatic carbocycles. The molecule has 1 aliphatic heterocycles. The molecular weight excluding hydrogens is 264 g/mol. The van der Waals surface area contributed by atoms with Crippen molar-refractivity contribution in [1.29, 1.82) is 0 Å². The first-order chi connectivity index (χ1) is 10.1. The van der Waals surface area contributed by atoms with Crippen LogP contribution in [0.2, 0.25) is 0 Å². The minimum atomic E-state index is -0.208. The third kappa shape index (κ3) is 2.36. The summed E-state index contributed by atoms with van der Waals surface area (Å²) in [6, 6.07) is -0.143. The number of rotatable bonds is 1. The highest BCUT2D eigenvalue weighted by Crippen LogP contribution is 2.60. The Bertz CT molecular complexity index is 418. The van der Waals surface area contributed by atoms with Crippen LogP contribution < -0.4 is 5.32 Å². The molecule has 0 radical (unpaired) electrons. The molecule has 0 unspecified atom stereocenters. The molecule has 0 spiro atoms. The molecule has 1 heterocycles. The second-order valence-electron chi connectivity index (χ2n) is 8.00. The fraction of sp³-hybridized carbons (Fsp3) is 0.882. The summed E-state index contributed by atoms with van der Waals surface area (Å²) < 4.78 is 0. The highest BCUT2D eigenvalue weighted by molar-refractivity contribution is 5.97. The van der Waals surface area contributed by atoms with Crippen LogP contribution in [0.3, 0.4) is 0 Å². The minimum absolute atomic E-state index is 0.0390. The van der Waals surface area contributed by atoms with Crippen molar-refractivity contribution in [3.8, 4) is 0 Å². The van der Waals surface area contributed by atoms with E-state index in [-0.39, 0.29) is 17.4 Å². The predicted octanol–water partition coefficient (Wildman–Crippen LogP) is 2.92. The van der Waals surface area contributed by atoms with Crippen molar-refractivity contribution in [1.82, 2.24) is 10.2 Å². The number of carbonyl (C=O) groups excluding carboxylic acids is 2. The standard InChI is InChI=1S/C17H26N2O2/c20-15(18-16(21)19-4-2-1-3-5-19)17-9-12-6-13(10-17)8-14(7-12)11-17/h12-14H,1-11H2,(H,18,20,21). The van der Waals surface area contributed by atoms with Crippen molar-refractivity contribution < 1.29 is 9.59 Å². The summed E-state index contributed by atoms with van der Waals surface area (Å²) in [7, 11) is 0. The summed E-state index contributed by atoms with van der Waals surface area (Å²) in [4.78, 5) is 26.9. The number of nitrogens with one attached hydrogen (secondary N) is 1. The van der Waals surface area contributed by atoms with Gasteiger partial charge in [0.05, 0.1) is 5.41 Å². The maximum absolute atomic E-state index is 12.8. The number of amides is 3. The second kappa shape index (κ2) is 4.99. The summed E-state index contributed by atoms with van der Waals surface area (Å²) in [6.45, 7) is 1.61. The lowest BCUT2D eigenvalue weighted by molar-refractivity contribution is -0.145. The number of piperidine rings is 1. The number of likely N-dealkylation sites (tertiary alicyclic amines) is 1. The molecule has 4 nitrogen and oxygen atoms in total. The van der Waals surface area contributed by atoms with Crippen LogP contribution in [0.4, 0.5) is 4.79 Å². The Morgan fingerprint density at radius 1 is 0.857 bits per heavy atom. The molecule has 5 aliphatic rings. The molecule has 4 heteroatoms. The molecule has 21 heavy (non-hydrogen) atoms. The molecule has 4 bridgehead atoms. The third-order valence-electron chi connectivity index (χ3n) is 6.38. The molecular formula is C17H26N2O2. The van der Waals surface area contributed by atoms with Gasteiger partial charge in [0.15, 0.2) is 0 Å². The number of hydrogen-bond donors (Lipinski definition) is 1. The van der Waals surface area contributed by atoms with Crippen LogP contribution in [0.25, 0.3) is 0 Å². The van der Waals surface area contributed by atoms with Gasteiger partial charge in [-0.15, -0.1) is 0 Å². The minimum Gasteiger partial charge on any atom is -0.324 e. The monoisotopic (exact) mass is 290 g/mol. The Morgan fingerprint density at radius 3 is 1.90 bits per heavy atom. The van der Waals surface area contributed by atoms with Crippen molar-refractivity contribution >= 4 is 11.9 Å². The summed E-state index contributed by atoms with van der Waals surface area (Å²) in [5, 5.41) is 2.75. The maximum atomic E-state index is 12.8. The van der Waals surface area contributed by atoms with Gasteiger partial charge in [-0.2, -0.15) is 0 Å². The Hall–Kier alpha value is -1.06. The smallest absolute Gasteiger partial charge is 0.324 e. The molecule has 0 atom stereocenters. The third-order valence-corrected chi connectivity index (χ3v) is 6.38. The van der Waals surface area contributed by atoms with Crippen molar-refractivity contribution in [3.05, 3.63) is 0 Å². The summed E-state index contributed by atoms with van der Waals surface area (Å²) >= 11 is 0. The van der Waals surface area contributed by atoms with E-state index in [1.807, 2.05) is 4.90 Å². The van der Waals surface area contributed by atoms with Gasteiger partial charge in [0, 0.05) is 13.1 Å². The number of carbonyl (C=O) groups is 2. The summed E-state index contributed by atoms with van der Waals surface area (Å²) in [5.74, 6) is 2.27. The van der Waals surface area contributed by atoms with E-state index in [2.05, 4.69) is 5.32 Å². The first-order valence-corrected chi connectivity index (χ1v) is 8.75. The molecule has 116 valence electrons. The average Bonchev–Trinajstić information content (AvgIpc) is 2.46. The van der Waals surface area contributed by atoms with Crippen LogP contribution >= 0.6 is 0 Å². The molecule has 0 aromatic rings. The SMILES string of the molecule is O=C(NC(=O)C12CC3CC(CC(C3)C1)C2)N1CCCCC1. The molecule has 5 rings (SSSR count). The highest BCUT2D eigenvalue weighted by Gasteiger charge is 2.54. The van der Waals surface area contributed by atoms with Crippen LogP contribution in [0.5, 0.6) is 0 Å². The zero-order valence-corrected chi connectivity index (χ0v) is 12.8. The van der Waals surface area contributed by atoms with E-state index in [0.717, 1.165) is 62.9 Å². The Balaban J connectivity index is 1.43. The zero-order chi connectivity index (χ0) is 14.4.